The van der Waals surface area contributed by atoms with Crippen LogP contribution in [0.5, 0.6) is 11.5 Å². The lowest BCUT2D eigenvalue weighted by molar-refractivity contribution is -0.139. The minimum Gasteiger partial charge on any atom is -0.494 e. The second kappa shape index (κ2) is 14.5. The van der Waals surface area contributed by atoms with Crippen molar-refractivity contribution in [3.63, 3.8) is 0 Å². The van der Waals surface area contributed by atoms with Crippen molar-refractivity contribution in [1.29, 1.82) is 0 Å². The van der Waals surface area contributed by atoms with E-state index >= 15 is 0 Å². The SMILES string of the molecule is CCCCCCCOc1ccc(C(=O)Oc2ccc(CC(NC(=O)c3ccc(F)cc3)C(=O)O)cc2)cc1. The largest absolute Gasteiger partial charge is 0.494 e. The van der Waals surface area contributed by atoms with Crippen molar-refractivity contribution in [3.05, 3.63) is 95.3 Å². The molecule has 0 aliphatic heterocycles. The van der Waals surface area contributed by atoms with E-state index in [0.29, 0.717) is 29.2 Å². The molecule has 3 aromatic rings. The Morgan fingerprint density at radius 3 is 2.05 bits per heavy atom. The zero-order valence-electron chi connectivity index (χ0n) is 21.3. The summed E-state index contributed by atoms with van der Waals surface area (Å²) >= 11 is 0. The van der Waals surface area contributed by atoms with Crippen LogP contribution in [-0.2, 0) is 11.2 Å². The minimum absolute atomic E-state index is 0.0105. The molecule has 3 aromatic carbocycles. The summed E-state index contributed by atoms with van der Waals surface area (Å²) in [5, 5.41) is 12.0. The summed E-state index contributed by atoms with van der Waals surface area (Å²) in [6.45, 7) is 2.82. The van der Waals surface area contributed by atoms with E-state index in [1.54, 1.807) is 48.5 Å². The normalized spacial score (nSPS) is 11.4. The van der Waals surface area contributed by atoms with E-state index in [2.05, 4.69) is 12.2 Å². The summed E-state index contributed by atoms with van der Waals surface area (Å²) in [4.78, 5) is 36.5. The maximum absolute atomic E-state index is 13.1. The standard InChI is InChI=1S/C30H32FNO6/c1-2-3-4-5-6-19-37-25-17-11-23(12-18-25)30(36)38-26-15-7-21(8-16-26)20-27(29(34)35)32-28(33)22-9-13-24(31)14-10-22/h7-18,27H,2-6,19-20H2,1H3,(H,32,33)(H,34,35). The van der Waals surface area contributed by atoms with Gasteiger partial charge in [0.25, 0.3) is 5.91 Å². The summed E-state index contributed by atoms with van der Waals surface area (Å²) in [7, 11) is 0. The van der Waals surface area contributed by atoms with E-state index in [9.17, 15) is 23.9 Å². The Hall–Kier alpha value is -4.20. The van der Waals surface area contributed by atoms with Gasteiger partial charge in [-0.3, -0.25) is 4.79 Å². The number of rotatable bonds is 14. The Bertz CT molecular complexity index is 1190. The average molecular weight is 522 g/mol. The Kier molecular flexibility index (Phi) is 10.8. The van der Waals surface area contributed by atoms with E-state index in [0.717, 1.165) is 25.0 Å². The lowest BCUT2D eigenvalue weighted by atomic mass is 10.1. The number of benzene rings is 3. The van der Waals surface area contributed by atoms with E-state index in [1.807, 2.05) is 0 Å². The number of amides is 1. The molecule has 0 saturated carbocycles. The summed E-state index contributed by atoms with van der Waals surface area (Å²) in [6.07, 6.45) is 5.79. The van der Waals surface area contributed by atoms with Gasteiger partial charge >= 0.3 is 11.9 Å². The topological polar surface area (TPSA) is 102 Å². The summed E-state index contributed by atoms with van der Waals surface area (Å²) in [5.74, 6) is -1.86. The molecule has 0 aliphatic carbocycles. The van der Waals surface area contributed by atoms with Crippen LogP contribution in [0.1, 0.15) is 65.3 Å². The van der Waals surface area contributed by atoms with Crippen molar-refractivity contribution in [3.8, 4) is 11.5 Å². The van der Waals surface area contributed by atoms with Gasteiger partial charge in [-0.2, -0.15) is 0 Å². The molecule has 200 valence electrons. The van der Waals surface area contributed by atoms with Gasteiger partial charge in [-0.15, -0.1) is 0 Å². The number of unbranched alkanes of at least 4 members (excludes halogenated alkanes) is 4. The van der Waals surface area contributed by atoms with Gasteiger partial charge in [0, 0.05) is 12.0 Å². The molecule has 2 N–H and O–H groups in total. The fourth-order valence-electron chi connectivity index (χ4n) is 3.72. The first-order valence-electron chi connectivity index (χ1n) is 12.7. The summed E-state index contributed by atoms with van der Waals surface area (Å²) < 4.78 is 24.2. The van der Waals surface area contributed by atoms with Gasteiger partial charge in [0.15, 0.2) is 0 Å². The molecule has 0 saturated heterocycles. The number of carboxylic acid groups (broad SMARTS) is 1. The maximum atomic E-state index is 13.1. The van der Waals surface area contributed by atoms with Gasteiger partial charge in [0.05, 0.1) is 12.2 Å². The Labute approximate surface area is 221 Å². The van der Waals surface area contributed by atoms with Gasteiger partial charge in [-0.25, -0.2) is 14.0 Å². The smallest absolute Gasteiger partial charge is 0.343 e. The van der Waals surface area contributed by atoms with Gasteiger partial charge in [-0.05, 0) is 72.6 Å². The zero-order valence-corrected chi connectivity index (χ0v) is 21.3. The lowest BCUT2D eigenvalue weighted by Gasteiger charge is -2.15. The predicted molar refractivity (Wildman–Crippen MR) is 141 cm³/mol. The molecule has 0 spiro atoms. The highest BCUT2D eigenvalue weighted by Gasteiger charge is 2.21. The Morgan fingerprint density at radius 2 is 1.42 bits per heavy atom. The molecule has 1 amide bonds. The van der Waals surface area contributed by atoms with Crippen LogP contribution < -0.4 is 14.8 Å². The Balaban J connectivity index is 1.50. The number of carbonyl (C=O) groups excluding carboxylic acids is 2. The molecule has 0 fully saturated rings. The van der Waals surface area contributed by atoms with Gasteiger partial charge in [-0.1, -0.05) is 44.7 Å². The number of hydrogen-bond donors (Lipinski definition) is 2. The number of halogens is 1. The van der Waals surface area contributed by atoms with Gasteiger partial charge in [0.2, 0.25) is 0 Å². The number of hydrogen-bond acceptors (Lipinski definition) is 5. The van der Waals surface area contributed by atoms with E-state index in [-0.39, 0.29) is 12.0 Å². The number of nitrogens with one attached hydrogen (secondary N) is 1. The first-order valence-corrected chi connectivity index (χ1v) is 12.7. The zero-order chi connectivity index (χ0) is 27.3. The van der Waals surface area contributed by atoms with E-state index in [1.165, 1.54) is 31.4 Å². The molecule has 8 heteroatoms. The molecule has 3 rings (SSSR count). The lowest BCUT2D eigenvalue weighted by Crippen LogP contribution is -2.42. The van der Waals surface area contributed by atoms with Crippen LogP contribution in [0.15, 0.2) is 72.8 Å². The molecule has 7 nitrogen and oxygen atoms in total. The second-order valence-electron chi connectivity index (χ2n) is 8.90. The van der Waals surface area contributed by atoms with Crippen LogP contribution in [0.3, 0.4) is 0 Å². The molecule has 0 heterocycles. The maximum Gasteiger partial charge on any atom is 0.343 e. The molecule has 0 aliphatic rings. The summed E-state index contributed by atoms with van der Waals surface area (Å²) in [5.41, 5.74) is 1.15. The third kappa shape index (κ3) is 9.03. The van der Waals surface area contributed by atoms with Crippen molar-refractivity contribution in [1.82, 2.24) is 5.32 Å². The molecule has 0 aromatic heterocycles. The number of ether oxygens (including phenoxy) is 2. The van der Waals surface area contributed by atoms with Crippen LogP contribution in [0, 0.1) is 5.82 Å². The van der Waals surface area contributed by atoms with Crippen molar-refractivity contribution in [2.45, 2.75) is 51.5 Å². The fraction of sp³-hybridized carbons (Fsp3) is 0.300. The highest BCUT2D eigenvalue weighted by molar-refractivity contribution is 5.96. The monoisotopic (exact) mass is 521 g/mol. The number of aliphatic carboxylic acids is 1. The molecule has 1 unspecified atom stereocenters. The van der Waals surface area contributed by atoms with Crippen LogP contribution in [0.25, 0.3) is 0 Å². The molecule has 38 heavy (non-hydrogen) atoms. The van der Waals surface area contributed by atoms with Crippen molar-refractivity contribution in [2.75, 3.05) is 6.61 Å². The third-order valence-electron chi connectivity index (χ3n) is 5.89. The van der Waals surface area contributed by atoms with Gasteiger partial charge in [0.1, 0.15) is 23.4 Å². The Morgan fingerprint density at radius 1 is 0.816 bits per heavy atom. The van der Waals surface area contributed by atoms with Crippen LogP contribution >= 0.6 is 0 Å². The molecule has 0 bridgehead atoms. The molecule has 0 radical (unpaired) electrons. The first kappa shape index (κ1) is 28.4. The molecular weight excluding hydrogens is 489 g/mol. The van der Waals surface area contributed by atoms with Crippen LogP contribution in [-0.4, -0.2) is 35.6 Å². The third-order valence-corrected chi connectivity index (χ3v) is 5.89. The number of carboxylic acids is 1. The number of esters is 1. The fourth-order valence-corrected chi connectivity index (χ4v) is 3.72. The van der Waals surface area contributed by atoms with E-state index < -0.39 is 29.7 Å². The van der Waals surface area contributed by atoms with Crippen molar-refractivity contribution in [2.24, 2.45) is 0 Å². The predicted octanol–water partition coefficient (Wildman–Crippen LogP) is 5.82. The molecular formula is C30H32FNO6. The highest BCUT2D eigenvalue weighted by Crippen LogP contribution is 2.18. The summed E-state index contributed by atoms with van der Waals surface area (Å²) in [6, 6.07) is 16.7. The average Bonchev–Trinajstić information content (AvgIpc) is 2.92. The second-order valence-corrected chi connectivity index (χ2v) is 8.90. The highest BCUT2D eigenvalue weighted by atomic mass is 19.1. The van der Waals surface area contributed by atoms with Gasteiger partial charge < -0.3 is 19.9 Å². The quantitative estimate of drug-likeness (QED) is 0.157. The molecule has 1 atom stereocenters. The van der Waals surface area contributed by atoms with E-state index in [4.69, 9.17) is 9.47 Å². The van der Waals surface area contributed by atoms with Crippen molar-refractivity contribution < 1.29 is 33.4 Å². The minimum atomic E-state index is -1.21. The van der Waals surface area contributed by atoms with Crippen LogP contribution in [0.2, 0.25) is 0 Å². The number of carbonyl (C=O) groups is 3. The van der Waals surface area contributed by atoms with Crippen molar-refractivity contribution >= 4 is 17.8 Å². The van der Waals surface area contributed by atoms with Crippen LogP contribution in [0.4, 0.5) is 4.39 Å². The first-order chi connectivity index (χ1) is 18.4.